The summed E-state index contributed by atoms with van der Waals surface area (Å²) in [6.07, 6.45) is 2.07. The van der Waals surface area contributed by atoms with Crippen LogP contribution in [0.5, 0.6) is 0 Å². The highest BCUT2D eigenvalue weighted by atomic mass is 16.6. The highest BCUT2D eigenvalue weighted by molar-refractivity contribution is 5.92. The van der Waals surface area contributed by atoms with E-state index in [-0.39, 0.29) is 24.3 Å². The van der Waals surface area contributed by atoms with Crippen molar-refractivity contribution in [3.63, 3.8) is 0 Å². The van der Waals surface area contributed by atoms with E-state index in [1.54, 1.807) is 0 Å². The molecule has 0 aromatic heterocycles. The Morgan fingerprint density at radius 1 is 0.646 bits per heavy atom. The highest BCUT2D eigenvalue weighted by Crippen LogP contribution is 2.20. The number of hydrogen-bond acceptors (Lipinski definition) is 5. The van der Waals surface area contributed by atoms with Gasteiger partial charge in [-0.2, -0.15) is 0 Å². The summed E-state index contributed by atoms with van der Waals surface area (Å²) in [5.41, 5.74) is 7.92. The van der Waals surface area contributed by atoms with Crippen molar-refractivity contribution in [3.8, 4) is 0 Å². The van der Waals surface area contributed by atoms with Gasteiger partial charge in [0.05, 0.1) is 0 Å². The molecule has 0 saturated heterocycles. The van der Waals surface area contributed by atoms with Crippen LogP contribution in [0.15, 0.2) is 91.0 Å². The van der Waals surface area contributed by atoms with Crippen molar-refractivity contribution in [1.82, 2.24) is 16.0 Å². The third-order valence-electron chi connectivity index (χ3n) is 7.89. The number of primary amides is 1. The summed E-state index contributed by atoms with van der Waals surface area (Å²) in [7, 11) is 0. The molecule has 0 fully saturated rings. The van der Waals surface area contributed by atoms with E-state index in [9.17, 15) is 19.2 Å². The molecule has 258 valence electrons. The summed E-state index contributed by atoms with van der Waals surface area (Å²) in [5.74, 6) is -1.78. The lowest BCUT2D eigenvalue weighted by atomic mass is 9.90. The first kappa shape index (κ1) is 37.8. The molecule has 0 aliphatic heterocycles. The van der Waals surface area contributed by atoms with Crippen LogP contribution in [0.1, 0.15) is 70.6 Å². The van der Waals surface area contributed by atoms with Crippen molar-refractivity contribution >= 4 is 23.8 Å². The molecule has 4 amide bonds. The van der Waals surface area contributed by atoms with Gasteiger partial charge < -0.3 is 26.4 Å². The molecule has 3 rings (SSSR count). The molecule has 0 radical (unpaired) electrons. The minimum atomic E-state index is -0.927. The second-order valence-corrected chi connectivity index (χ2v) is 13.8. The molecule has 4 atom stereocenters. The number of alkyl carbamates (subject to hydrolysis) is 1. The molecule has 5 N–H and O–H groups in total. The van der Waals surface area contributed by atoms with Gasteiger partial charge in [-0.1, -0.05) is 105 Å². The summed E-state index contributed by atoms with van der Waals surface area (Å²) in [5, 5.41) is 8.82. The number of carbonyl (C=O) groups is 4. The predicted molar refractivity (Wildman–Crippen MR) is 189 cm³/mol. The molecule has 0 saturated carbocycles. The largest absolute Gasteiger partial charge is 0.444 e. The Kier molecular flexibility index (Phi) is 14.7. The molecule has 3 aromatic rings. The second-order valence-electron chi connectivity index (χ2n) is 13.8. The van der Waals surface area contributed by atoms with E-state index in [2.05, 4.69) is 16.0 Å². The molecule has 9 nitrogen and oxygen atoms in total. The normalized spacial score (nSPS) is 13.9. The van der Waals surface area contributed by atoms with Gasteiger partial charge in [0.15, 0.2) is 0 Å². The quantitative estimate of drug-likeness (QED) is 0.152. The summed E-state index contributed by atoms with van der Waals surface area (Å²) in [6, 6.07) is 26.8. The van der Waals surface area contributed by atoms with Crippen LogP contribution in [-0.4, -0.2) is 47.5 Å². The third kappa shape index (κ3) is 14.0. The van der Waals surface area contributed by atoms with Crippen LogP contribution >= 0.6 is 0 Å². The van der Waals surface area contributed by atoms with E-state index in [4.69, 9.17) is 10.5 Å². The smallest absolute Gasteiger partial charge is 0.407 e. The SMILES string of the molecule is CC(C)C[C@H](NC(=O)[C@@H](CC[C@H](Cc1ccccc1)NC(=O)OC(C)(C)C)Cc1ccccc1)C(=O)N[C@@H](Cc1ccccc1)C(N)=O. The molecule has 0 unspecified atom stereocenters. The van der Waals surface area contributed by atoms with Crippen LogP contribution in [0.2, 0.25) is 0 Å². The van der Waals surface area contributed by atoms with Gasteiger partial charge in [-0.05, 0) is 75.5 Å². The Morgan fingerprint density at radius 3 is 1.60 bits per heavy atom. The van der Waals surface area contributed by atoms with E-state index in [1.165, 1.54) is 0 Å². The Morgan fingerprint density at radius 2 is 1.12 bits per heavy atom. The van der Waals surface area contributed by atoms with Crippen LogP contribution in [0.4, 0.5) is 4.79 Å². The van der Waals surface area contributed by atoms with Gasteiger partial charge in [0, 0.05) is 18.4 Å². The lowest BCUT2D eigenvalue weighted by Gasteiger charge is -2.27. The molecule has 3 aromatic carbocycles. The maximum absolute atomic E-state index is 14.0. The minimum absolute atomic E-state index is 0.0862. The molecule has 0 heterocycles. The molecule has 9 heteroatoms. The van der Waals surface area contributed by atoms with Crippen LogP contribution in [0.25, 0.3) is 0 Å². The van der Waals surface area contributed by atoms with Crippen molar-refractivity contribution in [3.05, 3.63) is 108 Å². The van der Waals surface area contributed by atoms with Crippen molar-refractivity contribution in [2.45, 2.75) is 96.9 Å². The second kappa shape index (κ2) is 18.6. The Balaban J connectivity index is 1.80. The minimum Gasteiger partial charge on any atom is -0.444 e. The first-order chi connectivity index (χ1) is 22.8. The molecular formula is C39H52N4O5. The van der Waals surface area contributed by atoms with E-state index in [1.807, 2.05) is 126 Å². The molecule has 0 spiro atoms. The number of ether oxygens (including phenoxy) is 1. The first-order valence-corrected chi connectivity index (χ1v) is 16.8. The van der Waals surface area contributed by atoms with E-state index in [0.717, 1.165) is 16.7 Å². The maximum Gasteiger partial charge on any atom is 0.407 e. The highest BCUT2D eigenvalue weighted by Gasteiger charge is 2.30. The van der Waals surface area contributed by atoms with Gasteiger partial charge in [0.2, 0.25) is 17.7 Å². The Hall–Kier alpha value is -4.66. The number of rotatable bonds is 17. The van der Waals surface area contributed by atoms with Gasteiger partial charge in [0.1, 0.15) is 17.7 Å². The number of nitrogens with two attached hydrogens (primary N) is 1. The molecule has 0 aliphatic carbocycles. The molecule has 48 heavy (non-hydrogen) atoms. The van der Waals surface area contributed by atoms with Crippen LogP contribution in [-0.2, 0) is 38.4 Å². The monoisotopic (exact) mass is 656 g/mol. The zero-order valence-electron chi connectivity index (χ0n) is 28.9. The van der Waals surface area contributed by atoms with E-state index >= 15 is 0 Å². The summed E-state index contributed by atoms with van der Waals surface area (Å²) in [6.45, 7) is 9.39. The number of benzene rings is 3. The van der Waals surface area contributed by atoms with Crippen LogP contribution < -0.4 is 21.7 Å². The first-order valence-electron chi connectivity index (χ1n) is 16.8. The zero-order chi connectivity index (χ0) is 35.1. The van der Waals surface area contributed by atoms with Crippen LogP contribution in [0.3, 0.4) is 0 Å². The summed E-state index contributed by atoms with van der Waals surface area (Å²) >= 11 is 0. The van der Waals surface area contributed by atoms with Crippen molar-refractivity contribution in [2.75, 3.05) is 0 Å². The summed E-state index contributed by atoms with van der Waals surface area (Å²) in [4.78, 5) is 52.8. The lowest BCUT2D eigenvalue weighted by molar-refractivity contribution is -0.133. The maximum atomic E-state index is 14.0. The average Bonchev–Trinajstić information content (AvgIpc) is 3.02. The van der Waals surface area contributed by atoms with Crippen LogP contribution in [0, 0.1) is 11.8 Å². The predicted octanol–water partition coefficient (Wildman–Crippen LogP) is 5.51. The van der Waals surface area contributed by atoms with Crippen molar-refractivity contribution < 1.29 is 23.9 Å². The van der Waals surface area contributed by atoms with Crippen molar-refractivity contribution in [2.24, 2.45) is 17.6 Å². The third-order valence-corrected chi connectivity index (χ3v) is 7.89. The van der Waals surface area contributed by atoms with Crippen molar-refractivity contribution in [1.29, 1.82) is 0 Å². The standard InChI is InChI=1S/C39H52N4O5/c1-27(2)23-34(37(46)42-33(35(40)44)26-30-19-13-8-14-20-30)43-36(45)31(24-28-15-9-6-10-16-28)21-22-32(25-29-17-11-7-12-18-29)41-38(47)48-39(3,4)5/h6-20,27,31-34H,21-26H2,1-5H3,(H2,40,44)(H,41,47)(H,42,46)(H,43,45)/t31-,32+,33-,34-/m0/s1. The fourth-order valence-electron chi connectivity index (χ4n) is 5.56. The van der Waals surface area contributed by atoms with Gasteiger partial charge >= 0.3 is 6.09 Å². The summed E-state index contributed by atoms with van der Waals surface area (Å²) < 4.78 is 5.55. The Bertz CT molecular complexity index is 1440. The Labute approximate surface area is 285 Å². The van der Waals surface area contributed by atoms with Gasteiger partial charge in [-0.25, -0.2) is 4.79 Å². The number of amides is 4. The molecule has 0 aliphatic rings. The number of nitrogens with one attached hydrogen (secondary N) is 3. The lowest BCUT2D eigenvalue weighted by Crippen LogP contribution is -2.54. The zero-order valence-corrected chi connectivity index (χ0v) is 28.9. The van der Waals surface area contributed by atoms with E-state index < -0.39 is 41.5 Å². The number of carbonyl (C=O) groups excluding carboxylic acids is 4. The van der Waals surface area contributed by atoms with Gasteiger partial charge in [-0.15, -0.1) is 0 Å². The van der Waals surface area contributed by atoms with Gasteiger partial charge in [0.25, 0.3) is 0 Å². The van der Waals surface area contributed by atoms with Gasteiger partial charge in [-0.3, -0.25) is 14.4 Å². The fourth-order valence-corrected chi connectivity index (χ4v) is 5.56. The average molecular weight is 657 g/mol. The molecule has 0 bridgehead atoms. The fraction of sp³-hybridized carbons (Fsp3) is 0.436. The topological polar surface area (TPSA) is 140 Å². The van der Waals surface area contributed by atoms with E-state index in [0.29, 0.717) is 32.1 Å². The molecular weight excluding hydrogens is 604 g/mol. The number of hydrogen-bond donors (Lipinski definition) is 4.